The average molecular weight is 338 g/mol. The number of hydrogen-bond donors (Lipinski definition) is 0. The smallest absolute Gasteiger partial charge is 0.222 e. The second-order valence-corrected chi connectivity index (χ2v) is 6.79. The third kappa shape index (κ3) is 3.50. The molecule has 0 radical (unpaired) electrons. The highest BCUT2D eigenvalue weighted by atomic mass is 16.2. The Hall–Kier alpha value is -2.43. The van der Waals surface area contributed by atoms with Gasteiger partial charge in [-0.15, -0.1) is 0 Å². The minimum absolute atomic E-state index is 0.191. The zero-order valence-corrected chi connectivity index (χ0v) is 15.5. The number of anilines is 1. The molecule has 25 heavy (non-hydrogen) atoms. The first-order chi connectivity index (χ1) is 12.0. The molecule has 0 atom stereocenters. The fourth-order valence-electron chi connectivity index (χ4n) is 3.09. The van der Waals surface area contributed by atoms with E-state index >= 15 is 0 Å². The van der Waals surface area contributed by atoms with E-state index in [-0.39, 0.29) is 5.91 Å². The largest absolute Gasteiger partial charge is 0.357 e. The van der Waals surface area contributed by atoms with Crippen LogP contribution in [0.5, 0.6) is 0 Å². The molecule has 1 aliphatic heterocycles. The van der Waals surface area contributed by atoms with Gasteiger partial charge in [-0.1, -0.05) is 37.3 Å². The molecule has 2 heterocycles. The highest BCUT2D eigenvalue weighted by Crippen LogP contribution is 2.30. The summed E-state index contributed by atoms with van der Waals surface area (Å²) in [4.78, 5) is 26.0. The Morgan fingerprint density at radius 1 is 1.24 bits per heavy atom. The topological polar surface area (TPSA) is 49.3 Å². The minimum Gasteiger partial charge on any atom is -0.357 e. The molecule has 0 spiro atoms. The first-order valence-corrected chi connectivity index (χ1v) is 8.97. The summed E-state index contributed by atoms with van der Waals surface area (Å²) in [5, 5.41) is 0. The van der Waals surface area contributed by atoms with Gasteiger partial charge in [0, 0.05) is 43.6 Å². The second kappa shape index (κ2) is 7.21. The Labute approximate surface area is 149 Å². The third-order valence-electron chi connectivity index (χ3n) is 4.83. The molecule has 0 aliphatic carbocycles. The summed E-state index contributed by atoms with van der Waals surface area (Å²) in [6.45, 7) is 7.54. The molecule has 0 bridgehead atoms. The van der Waals surface area contributed by atoms with Gasteiger partial charge in [0.1, 0.15) is 5.82 Å². The van der Waals surface area contributed by atoms with E-state index in [1.807, 2.05) is 42.2 Å². The van der Waals surface area contributed by atoms with Crippen molar-refractivity contribution in [1.29, 1.82) is 0 Å². The SMILES string of the molecule is CCC(=O)N1CCc2nc(-c3ccccc3)nc(N(C)C(C)C)c2C1. The summed E-state index contributed by atoms with van der Waals surface area (Å²) in [5.41, 5.74) is 3.18. The van der Waals surface area contributed by atoms with E-state index in [0.717, 1.165) is 41.4 Å². The Morgan fingerprint density at radius 2 is 1.96 bits per heavy atom. The van der Waals surface area contributed by atoms with E-state index in [0.29, 0.717) is 19.0 Å². The minimum atomic E-state index is 0.191. The molecule has 132 valence electrons. The number of carbonyl (C=O) groups is 1. The van der Waals surface area contributed by atoms with Gasteiger partial charge in [0.25, 0.3) is 0 Å². The van der Waals surface area contributed by atoms with Crippen LogP contribution in [0.15, 0.2) is 30.3 Å². The van der Waals surface area contributed by atoms with E-state index in [2.05, 4.69) is 25.8 Å². The van der Waals surface area contributed by atoms with Crippen LogP contribution in [0.4, 0.5) is 5.82 Å². The van der Waals surface area contributed by atoms with Crippen molar-refractivity contribution in [3.8, 4) is 11.4 Å². The quantitative estimate of drug-likeness (QED) is 0.858. The van der Waals surface area contributed by atoms with Gasteiger partial charge in [-0.05, 0) is 13.8 Å². The summed E-state index contributed by atoms with van der Waals surface area (Å²) in [6.07, 6.45) is 1.32. The van der Waals surface area contributed by atoms with Crippen molar-refractivity contribution in [3.63, 3.8) is 0 Å². The van der Waals surface area contributed by atoms with E-state index < -0.39 is 0 Å². The lowest BCUT2D eigenvalue weighted by Crippen LogP contribution is -2.38. The van der Waals surface area contributed by atoms with Gasteiger partial charge in [-0.3, -0.25) is 4.79 Å². The second-order valence-electron chi connectivity index (χ2n) is 6.79. The molecule has 3 rings (SSSR count). The average Bonchev–Trinajstić information content (AvgIpc) is 2.66. The van der Waals surface area contributed by atoms with Crippen molar-refractivity contribution in [1.82, 2.24) is 14.9 Å². The maximum Gasteiger partial charge on any atom is 0.222 e. The van der Waals surface area contributed by atoms with Crippen molar-refractivity contribution in [2.24, 2.45) is 0 Å². The zero-order chi connectivity index (χ0) is 18.0. The fraction of sp³-hybridized carbons (Fsp3) is 0.450. The van der Waals surface area contributed by atoms with Gasteiger partial charge in [0.2, 0.25) is 5.91 Å². The molecule has 5 nitrogen and oxygen atoms in total. The Balaban J connectivity index is 2.08. The fourth-order valence-corrected chi connectivity index (χ4v) is 3.09. The van der Waals surface area contributed by atoms with Gasteiger partial charge in [-0.25, -0.2) is 9.97 Å². The number of amides is 1. The van der Waals surface area contributed by atoms with Crippen molar-refractivity contribution < 1.29 is 4.79 Å². The number of fused-ring (bicyclic) bond motifs is 1. The Bertz CT molecular complexity index is 758. The molecule has 1 aromatic carbocycles. The van der Waals surface area contributed by atoms with Crippen molar-refractivity contribution in [2.45, 2.75) is 46.2 Å². The van der Waals surface area contributed by atoms with Crippen molar-refractivity contribution >= 4 is 11.7 Å². The van der Waals surface area contributed by atoms with Crippen LogP contribution in [0, 0.1) is 0 Å². The first kappa shape index (κ1) is 17.4. The molecular weight excluding hydrogens is 312 g/mol. The highest BCUT2D eigenvalue weighted by molar-refractivity contribution is 5.76. The first-order valence-electron chi connectivity index (χ1n) is 8.97. The van der Waals surface area contributed by atoms with Crippen LogP contribution in [-0.4, -0.2) is 40.4 Å². The molecule has 1 aliphatic rings. The number of hydrogen-bond acceptors (Lipinski definition) is 4. The molecule has 0 N–H and O–H groups in total. The van der Waals surface area contributed by atoms with Gasteiger partial charge in [0.15, 0.2) is 5.82 Å². The summed E-state index contributed by atoms with van der Waals surface area (Å²) in [7, 11) is 2.06. The molecular formula is C20H26N4O. The van der Waals surface area contributed by atoms with E-state index in [9.17, 15) is 4.79 Å². The summed E-state index contributed by atoms with van der Waals surface area (Å²) < 4.78 is 0. The number of nitrogens with zero attached hydrogens (tertiary/aromatic N) is 4. The van der Waals surface area contributed by atoms with Crippen molar-refractivity contribution in [2.75, 3.05) is 18.5 Å². The summed E-state index contributed by atoms with van der Waals surface area (Å²) in [5.74, 6) is 1.89. The van der Waals surface area contributed by atoms with E-state index in [4.69, 9.17) is 9.97 Å². The van der Waals surface area contributed by atoms with E-state index in [1.165, 1.54) is 0 Å². The van der Waals surface area contributed by atoms with E-state index in [1.54, 1.807) is 0 Å². The summed E-state index contributed by atoms with van der Waals surface area (Å²) >= 11 is 0. The maximum absolute atomic E-state index is 12.2. The predicted molar refractivity (Wildman–Crippen MR) is 100 cm³/mol. The number of carbonyl (C=O) groups excluding carboxylic acids is 1. The molecule has 0 unspecified atom stereocenters. The summed E-state index contributed by atoms with van der Waals surface area (Å²) in [6, 6.07) is 10.4. The lowest BCUT2D eigenvalue weighted by Gasteiger charge is -2.33. The van der Waals surface area contributed by atoms with Crippen LogP contribution in [0.2, 0.25) is 0 Å². The zero-order valence-electron chi connectivity index (χ0n) is 15.5. The number of benzene rings is 1. The molecule has 0 saturated carbocycles. The lowest BCUT2D eigenvalue weighted by molar-refractivity contribution is -0.131. The van der Waals surface area contributed by atoms with Gasteiger partial charge in [-0.2, -0.15) is 0 Å². The van der Waals surface area contributed by atoms with Crippen LogP contribution in [0.3, 0.4) is 0 Å². The van der Waals surface area contributed by atoms with Crippen LogP contribution in [0.25, 0.3) is 11.4 Å². The third-order valence-corrected chi connectivity index (χ3v) is 4.83. The van der Waals surface area contributed by atoms with Crippen LogP contribution >= 0.6 is 0 Å². The molecule has 2 aromatic rings. The van der Waals surface area contributed by atoms with Crippen LogP contribution in [-0.2, 0) is 17.8 Å². The van der Waals surface area contributed by atoms with Gasteiger partial charge in [0.05, 0.1) is 12.2 Å². The number of aromatic nitrogens is 2. The molecule has 5 heteroatoms. The van der Waals surface area contributed by atoms with Crippen LogP contribution < -0.4 is 4.90 Å². The van der Waals surface area contributed by atoms with Gasteiger partial charge >= 0.3 is 0 Å². The van der Waals surface area contributed by atoms with Gasteiger partial charge < -0.3 is 9.80 Å². The molecule has 0 saturated heterocycles. The normalized spacial score (nSPS) is 13.7. The lowest BCUT2D eigenvalue weighted by atomic mass is 10.0. The monoisotopic (exact) mass is 338 g/mol. The Kier molecular flexibility index (Phi) is 5.02. The molecule has 1 aromatic heterocycles. The molecule has 0 fully saturated rings. The van der Waals surface area contributed by atoms with Crippen molar-refractivity contribution in [3.05, 3.63) is 41.6 Å². The highest BCUT2D eigenvalue weighted by Gasteiger charge is 2.27. The van der Waals surface area contributed by atoms with Crippen LogP contribution in [0.1, 0.15) is 38.4 Å². The maximum atomic E-state index is 12.2. The standard InChI is InChI=1S/C20H26N4O/c1-5-18(25)24-12-11-17-16(13-24)20(23(4)14(2)3)22-19(21-17)15-9-7-6-8-10-15/h6-10,14H,5,11-13H2,1-4H3. The number of rotatable bonds is 4. The predicted octanol–water partition coefficient (Wildman–Crippen LogP) is 3.28. The molecule has 1 amide bonds. The Morgan fingerprint density at radius 3 is 2.60 bits per heavy atom.